The summed E-state index contributed by atoms with van der Waals surface area (Å²) in [6, 6.07) is 8.35. The maximum atomic E-state index is 11.4. The Morgan fingerprint density at radius 2 is 2.16 bits per heavy atom. The summed E-state index contributed by atoms with van der Waals surface area (Å²) < 4.78 is 5.67. The number of benzene rings is 1. The van der Waals surface area contributed by atoms with Crippen LogP contribution in [0.5, 0.6) is 5.75 Å². The predicted octanol–water partition coefficient (Wildman–Crippen LogP) is 2.21. The minimum absolute atomic E-state index is 0.140. The van der Waals surface area contributed by atoms with Crippen LogP contribution in [0.1, 0.15) is 31.4 Å². The molecule has 106 valence electrons. The van der Waals surface area contributed by atoms with Crippen LogP contribution in [-0.2, 0) is 4.79 Å². The Kier molecular flexibility index (Phi) is 6.36. The van der Waals surface area contributed by atoms with Gasteiger partial charge >= 0.3 is 0 Å². The number of carbonyl (C=O) groups is 1. The minimum Gasteiger partial charge on any atom is -0.494 e. The lowest BCUT2D eigenvalue weighted by molar-refractivity contribution is -0.128. The lowest BCUT2D eigenvalue weighted by Gasteiger charge is -2.13. The number of nitrogens with one attached hydrogen (secondary N) is 1. The van der Waals surface area contributed by atoms with Crippen molar-refractivity contribution in [2.24, 2.45) is 0 Å². The number of carbonyl (C=O) groups excluding carboxylic acids is 1. The zero-order chi connectivity index (χ0) is 14.3. The first-order chi connectivity index (χ1) is 9.04. The third kappa shape index (κ3) is 5.30. The highest BCUT2D eigenvalue weighted by Crippen LogP contribution is 2.18. The summed E-state index contributed by atoms with van der Waals surface area (Å²) in [5, 5.41) is 3.20. The fourth-order valence-corrected chi connectivity index (χ4v) is 1.68. The molecular formula is C15H24N2O2. The second-order valence-corrected chi connectivity index (χ2v) is 4.82. The van der Waals surface area contributed by atoms with Crippen molar-refractivity contribution in [1.29, 1.82) is 0 Å². The lowest BCUT2D eigenvalue weighted by atomic mass is 10.1. The summed E-state index contributed by atoms with van der Waals surface area (Å²) >= 11 is 0. The molecule has 1 amide bonds. The first kappa shape index (κ1) is 15.5. The SMILES string of the molecule is CNC(C)c1cccc(OCCCC(=O)N(C)C)c1. The second-order valence-electron chi connectivity index (χ2n) is 4.82. The fraction of sp³-hybridized carbons (Fsp3) is 0.533. The molecule has 0 aliphatic carbocycles. The van der Waals surface area contributed by atoms with Crippen LogP contribution >= 0.6 is 0 Å². The quantitative estimate of drug-likeness (QED) is 0.768. The molecule has 1 aromatic carbocycles. The Labute approximate surface area is 115 Å². The van der Waals surface area contributed by atoms with Crippen molar-refractivity contribution in [3.8, 4) is 5.75 Å². The number of amides is 1. The van der Waals surface area contributed by atoms with Crippen LogP contribution in [0.2, 0.25) is 0 Å². The van der Waals surface area contributed by atoms with Gasteiger partial charge in [-0.1, -0.05) is 12.1 Å². The zero-order valence-corrected chi connectivity index (χ0v) is 12.3. The molecule has 0 radical (unpaired) electrons. The van der Waals surface area contributed by atoms with Gasteiger partial charge in [0, 0.05) is 26.6 Å². The zero-order valence-electron chi connectivity index (χ0n) is 12.3. The molecule has 0 aliphatic rings. The Morgan fingerprint density at radius 3 is 2.79 bits per heavy atom. The van der Waals surface area contributed by atoms with Crippen molar-refractivity contribution in [1.82, 2.24) is 10.2 Å². The van der Waals surface area contributed by atoms with Gasteiger partial charge in [0.05, 0.1) is 6.61 Å². The largest absolute Gasteiger partial charge is 0.494 e. The van der Waals surface area contributed by atoms with Gasteiger partial charge in [-0.3, -0.25) is 4.79 Å². The van der Waals surface area contributed by atoms with E-state index >= 15 is 0 Å². The maximum Gasteiger partial charge on any atom is 0.222 e. The molecule has 0 aromatic heterocycles. The van der Waals surface area contributed by atoms with E-state index in [0.717, 1.165) is 12.2 Å². The molecule has 0 spiro atoms. The number of hydrogen-bond acceptors (Lipinski definition) is 3. The van der Waals surface area contributed by atoms with Crippen molar-refractivity contribution in [2.45, 2.75) is 25.8 Å². The molecule has 4 heteroatoms. The predicted molar refractivity (Wildman–Crippen MR) is 77.3 cm³/mol. The number of hydrogen-bond donors (Lipinski definition) is 1. The van der Waals surface area contributed by atoms with Crippen LogP contribution in [0, 0.1) is 0 Å². The Balaban J connectivity index is 2.39. The van der Waals surface area contributed by atoms with Gasteiger partial charge in [-0.2, -0.15) is 0 Å². The lowest BCUT2D eigenvalue weighted by Crippen LogP contribution is -2.21. The number of ether oxygens (including phenoxy) is 1. The van der Waals surface area contributed by atoms with Gasteiger partial charge in [-0.05, 0) is 38.1 Å². The molecule has 0 fully saturated rings. The molecular weight excluding hydrogens is 240 g/mol. The van der Waals surface area contributed by atoms with Gasteiger partial charge in [-0.25, -0.2) is 0 Å². The van der Waals surface area contributed by atoms with E-state index in [1.54, 1.807) is 19.0 Å². The molecule has 0 bridgehead atoms. The topological polar surface area (TPSA) is 41.6 Å². The van der Waals surface area contributed by atoms with E-state index in [1.807, 2.05) is 25.2 Å². The van der Waals surface area contributed by atoms with Crippen LogP contribution in [-0.4, -0.2) is 38.6 Å². The summed E-state index contributed by atoms with van der Waals surface area (Å²) in [4.78, 5) is 13.0. The van der Waals surface area contributed by atoms with E-state index in [-0.39, 0.29) is 5.91 Å². The molecule has 0 aliphatic heterocycles. The van der Waals surface area contributed by atoms with Gasteiger partial charge in [0.2, 0.25) is 5.91 Å². The molecule has 0 heterocycles. The van der Waals surface area contributed by atoms with Gasteiger partial charge in [0.1, 0.15) is 5.75 Å². The number of rotatable bonds is 7. The van der Waals surface area contributed by atoms with Crippen molar-refractivity contribution in [3.63, 3.8) is 0 Å². The van der Waals surface area contributed by atoms with Crippen LogP contribution in [0.3, 0.4) is 0 Å². The summed E-state index contributed by atoms with van der Waals surface area (Å²) in [6.07, 6.45) is 1.27. The summed E-state index contributed by atoms with van der Waals surface area (Å²) in [6.45, 7) is 2.67. The van der Waals surface area contributed by atoms with E-state index in [2.05, 4.69) is 18.3 Å². The molecule has 19 heavy (non-hydrogen) atoms. The van der Waals surface area contributed by atoms with Crippen LogP contribution < -0.4 is 10.1 Å². The van der Waals surface area contributed by atoms with Gasteiger partial charge in [-0.15, -0.1) is 0 Å². The van der Waals surface area contributed by atoms with Crippen molar-refractivity contribution in [3.05, 3.63) is 29.8 Å². The molecule has 1 rings (SSSR count). The van der Waals surface area contributed by atoms with Crippen molar-refractivity contribution in [2.75, 3.05) is 27.7 Å². The standard InChI is InChI=1S/C15H24N2O2/c1-12(16-2)13-7-5-8-14(11-13)19-10-6-9-15(18)17(3)4/h5,7-8,11-12,16H,6,9-10H2,1-4H3. The molecule has 1 atom stereocenters. The average molecular weight is 264 g/mol. The van der Waals surface area contributed by atoms with E-state index in [1.165, 1.54) is 5.56 Å². The molecule has 0 saturated carbocycles. The molecule has 1 aromatic rings. The third-order valence-electron chi connectivity index (χ3n) is 3.09. The van der Waals surface area contributed by atoms with E-state index in [0.29, 0.717) is 19.1 Å². The molecule has 4 nitrogen and oxygen atoms in total. The van der Waals surface area contributed by atoms with Gasteiger partial charge in [0.25, 0.3) is 0 Å². The fourth-order valence-electron chi connectivity index (χ4n) is 1.68. The van der Waals surface area contributed by atoms with Crippen molar-refractivity contribution < 1.29 is 9.53 Å². The van der Waals surface area contributed by atoms with Crippen LogP contribution in [0.25, 0.3) is 0 Å². The highest BCUT2D eigenvalue weighted by atomic mass is 16.5. The summed E-state index contributed by atoms with van der Waals surface area (Å²) in [7, 11) is 5.47. The first-order valence-electron chi connectivity index (χ1n) is 6.64. The average Bonchev–Trinajstić information content (AvgIpc) is 2.42. The molecule has 1 unspecified atom stereocenters. The van der Waals surface area contributed by atoms with Gasteiger partial charge in [0.15, 0.2) is 0 Å². The molecule has 0 saturated heterocycles. The van der Waals surface area contributed by atoms with Crippen molar-refractivity contribution >= 4 is 5.91 Å². The van der Waals surface area contributed by atoms with E-state index in [4.69, 9.17) is 4.74 Å². The second kappa shape index (κ2) is 7.79. The smallest absolute Gasteiger partial charge is 0.222 e. The van der Waals surface area contributed by atoms with Crippen LogP contribution in [0.15, 0.2) is 24.3 Å². The monoisotopic (exact) mass is 264 g/mol. The molecule has 1 N–H and O–H groups in total. The van der Waals surface area contributed by atoms with Crippen LogP contribution in [0.4, 0.5) is 0 Å². The van der Waals surface area contributed by atoms with E-state index in [9.17, 15) is 4.79 Å². The van der Waals surface area contributed by atoms with Gasteiger partial charge < -0.3 is 15.0 Å². The Hall–Kier alpha value is -1.55. The normalized spacial score (nSPS) is 12.0. The highest BCUT2D eigenvalue weighted by molar-refractivity contribution is 5.75. The highest BCUT2D eigenvalue weighted by Gasteiger charge is 2.05. The Morgan fingerprint density at radius 1 is 1.42 bits per heavy atom. The number of nitrogens with zero attached hydrogens (tertiary/aromatic N) is 1. The third-order valence-corrected chi connectivity index (χ3v) is 3.09. The summed E-state index contributed by atoms with van der Waals surface area (Å²) in [5.74, 6) is 0.998. The maximum absolute atomic E-state index is 11.4. The van der Waals surface area contributed by atoms with E-state index < -0.39 is 0 Å². The Bertz CT molecular complexity index is 405. The summed E-state index contributed by atoms with van der Waals surface area (Å²) in [5.41, 5.74) is 1.20. The first-order valence-corrected chi connectivity index (χ1v) is 6.64. The minimum atomic E-state index is 0.140.